The molecule has 69 heavy (non-hydrogen) atoms. The van der Waals surface area contributed by atoms with E-state index in [1.54, 1.807) is 11.1 Å². The Morgan fingerprint density at radius 3 is 2.00 bits per heavy atom. The maximum absolute atomic E-state index is 2.88. The third kappa shape index (κ3) is 4.82. The molecule has 9 aliphatic rings. The minimum absolute atomic E-state index is 0.0419. The predicted octanol–water partition coefficient (Wildman–Crippen LogP) is 15.5. The third-order valence-electron chi connectivity index (χ3n) is 20.5. The first-order chi connectivity index (χ1) is 34.0. The summed E-state index contributed by atoms with van der Waals surface area (Å²) in [4.78, 5) is 2.53. The van der Waals surface area contributed by atoms with Gasteiger partial charge in [0.15, 0.2) is 0 Å². The van der Waals surface area contributed by atoms with E-state index in [1.807, 2.05) is 11.3 Å². The van der Waals surface area contributed by atoms with Gasteiger partial charge in [0.25, 0.3) is 0 Å². The van der Waals surface area contributed by atoms with Gasteiger partial charge in [-0.1, -0.05) is 78.9 Å². The van der Waals surface area contributed by atoms with Crippen molar-refractivity contribution in [3.8, 4) is 16.8 Å². The fraction of sp³-hybridized carbons (Fsp3) is 0.312. The SMILES string of the molecule is c1ccc(N(c2ccccc2)c2cc3c4c(c2)-n2c5c(cccc5c5sc6ccccc6c52)B4n2c4ccc(C56CC7CC(CC(C7)C5)C6)cc4c4cc(C56CCC7CC(CC7C5)C6)cc-3c42)cc1. The highest BCUT2D eigenvalue weighted by atomic mass is 32.1. The van der Waals surface area contributed by atoms with Crippen LogP contribution in [0.4, 0.5) is 17.1 Å². The van der Waals surface area contributed by atoms with Gasteiger partial charge in [0.1, 0.15) is 0 Å². The fourth-order valence-electron chi connectivity index (χ4n) is 18.5. The average molecular weight is 908 g/mol. The van der Waals surface area contributed by atoms with E-state index in [0.717, 1.165) is 35.5 Å². The standard InChI is InChI=1S/C64H54BN3S/c1-3-10-45(11-4-1)66(46-12-5-2-6-13-46)47-30-51-53-29-44(63-21-20-41-25-40(32-63)26-42(41)36-63)28-52-50-27-43(64-33-37-22-38(34-64)24-39(23-37)35-64)18-19-55(50)68(59(52)53)65-54-16-9-15-49-60(54)67(56(31-47)58(51)65)61-48-14-7-8-17-57(48)69-62(49)61/h1-19,27-31,37-42H,20-26,32-36H2. The van der Waals surface area contributed by atoms with Crippen LogP contribution in [-0.4, -0.2) is 15.9 Å². The lowest BCUT2D eigenvalue weighted by Crippen LogP contribution is -2.55. The minimum Gasteiger partial charge on any atom is -0.375 e. The van der Waals surface area contributed by atoms with Crippen LogP contribution < -0.4 is 15.8 Å². The van der Waals surface area contributed by atoms with Gasteiger partial charge in [0, 0.05) is 65.6 Å². The smallest absolute Gasteiger partial charge is 0.333 e. The monoisotopic (exact) mass is 907 g/mol. The molecule has 7 fully saturated rings. The van der Waals surface area contributed by atoms with Crippen molar-refractivity contribution in [3.05, 3.63) is 157 Å². The molecule has 4 atom stereocenters. The lowest BCUT2D eigenvalue weighted by atomic mass is 9.45. The zero-order valence-corrected chi connectivity index (χ0v) is 39.9. The number of thiophene rings is 1. The van der Waals surface area contributed by atoms with Crippen LogP contribution in [0.1, 0.15) is 88.2 Å². The molecule has 3 nitrogen and oxygen atoms in total. The second-order valence-electron chi connectivity index (χ2n) is 24.0. The van der Waals surface area contributed by atoms with Crippen LogP contribution in [0.2, 0.25) is 0 Å². The number of benzene rings is 7. The lowest BCUT2D eigenvalue weighted by Gasteiger charge is -2.57. The second-order valence-corrected chi connectivity index (χ2v) is 25.0. The molecule has 2 aliphatic heterocycles. The summed E-state index contributed by atoms with van der Waals surface area (Å²) in [6.45, 7) is 0.0419. The Labute approximate surface area is 407 Å². The predicted molar refractivity (Wildman–Crippen MR) is 289 cm³/mol. The largest absolute Gasteiger partial charge is 0.375 e. The topological polar surface area (TPSA) is 13.1 Å². The van der Waals surface area contributed by atoms with E-state index in [2.05, 4.69) is 160 Å². The molecule has 7 aromatic carbocycles. The third-order valence-corrected chi connectivity index (χ3v) is 21.7. The molecule has 0 N–H and O–H groups in total. The van der Waals surface area contributed by atoms with Gasteiger partial charge in [0.05, 0.1) is 15.7 Å². The molecule has 10 aromatic rings. The molecule has 0 amide bonds. The fourth-order valence-corrected chi connectivity index (χ4v) is 19.7. The van der Waals surface area contributed by atoms with E-state index in [4.69, 9.17) is 0 Å². The van der Waals surface area contributed by atoms with Crippen molar-refractivity contribution in [2.24, 2.45) is 35.5 Å². The molecule has 334 valence electrons. The Kier molecular flexibility index (Phi) is 7.14. The summed E-state index contributed by atoms with van der Waals surface area (Å²) < 4.78 is 8.37. The summed E-state index contributed by atoms with van der Waals surface area (Å²) in [5.41, 5.74) is 20.2. The summed E-state index contributed by atoms with van der Waals surface area (Å²) in [6.07, 6.45) is 17.1. The molecule has 5 heterocycles. The molecular formula is C64H54BN3S. The average Bonchev–Trinajstić information content (AvgIpc) is 4.08. The van der Waals surface area contributed by atoms with E-state index in [1.165, 1.54) is 175 Å². The lowest BCUT2D eigenvalue weighted by molar-refractivity contribution is -0.00512. The number of para-hydroxylation sites is 3. The van der Waals surface area contributed by atoms with Crippen molar-refractivity contribution in [2.45, 2.75) is 87.9 Å². The highest BCUT2D eigenvalue weighted by Gasteiger charge is 2.54. The molecule has 0 saturated heterocycles. The number of nitrogens with zero attached hydrogens (tertiary/aromatic N) is 3. The molecular weight excluding hydrogens is 854 g/mol. The van der Waals surface area contributed by atoms with Crippen LogP contribution in [0.15, 0.2) is 146 Å². The van der Waals surface area contributed by atoms with E-state index in [0.29, 0.717) is 5.41 Å². The van der Waals surface area contributed by atoms with Gasteiger partial charge in [0.2, 0.25) is 0 Å². The van der Waals surface area contributed by atoms with Crippen LogP contribution in [0, 0.1) is 35.5 Å². The molecule has 5 heteroatoms. The van der Waals surface area contributed by atoms with Gasteiger partial charge < -0.3 is 13.9 Å². The summed E-state index contributed by atoms with van der Waals surface area (Å²) in [5.74, 6) is 5.49. The Hall–Kier alpha value is -6.04. The van der Waals surface area contributed by atoms with Crippen molar-refractivity contribution in [3.63, 3.8) is 0 Å². The molecule has 0 spiro atoms. The maximum Gasteiger partial charge on any atom is 0.333 e. The summed E-state index contributed by atoms with van der Waals surface area (Å²) in [6, 6.07) is 57.6. The Bertz CT molecular complexity index is 3810. The van der Waals surface area contributed by atoms with Gasteiger partial charge in [-0.25, -0.2) is 0 Å². The van der Waals surface area contributed by atoms with E-state index < -0.39 is 0 Å². The second kappa shape index (κ2) is 13.0. The molecule has 3 aromatic heterocycles. The van der Waals surface area contributed by atoms with Crippen molar-refractivity contribution < 1.29 is 0 Å². The number of rotatable bonds is 5. The maximum atomic E-state index is 2.88. The van der Waals surface area contributed by atoms with Gasteiger partial charge >= 0.3 is 6.85 Å². The van der Waals surface area contributed by atoms with E-state index in [-0.39, 0.29) is 12.3 Å². The van der Waals surface area contributed by atoms with Crippen LogP contribution in [0.5, 0.6) is 0 Å². The Morgan fingerprint density at radius 2 is 1.20 bits per heavy atom. The molecule has 7 saturated carbocycles. The van der Waals surface area contributed by atoms with Gasteiger partial charge in [-0.3, -0.25) is 0 Å². The van der Waals surface area contributed by atoms with E-state index in [9.17, 15) is 0 Å². The Balaban J connectivity index is 0.988. The quantitative estimate of drug-likeness (QED) is 0.157. The molecule has 0 radical (unpaired) electrons. The van der Waals surface area contributed by atoms with Crippen molar-refractivity contribution in [1.82, 2.24) is 9.05 Å². The summed E-state index contributed by atoms with van der Waals surface area (Å²) in [5, 5.41) is 5.75. The first-order valence-electron chi connectivity index (χ1n) is 26.7. The normalized spacial score (nSPS) is 28.6. The highest BCUT2D eigenvalue weighted by molar-refractivity contribution is 7.26. The van der Waals surface area contributed by atoms with Crippen LogP contribution in [-0.2, 0) is 10.8 Å². The number of hydrogen-bond acceptors (Lipinski definition) is 2. The van der Waals surface area contributed by atoms with Crippen LogP contribution in [0.25, 0.3) is 69.8 Å². The summed E-state index contributed by atoms with van der Waals surface area (Å²) in [7, 11) is 0. The van der Waals surface area contributed by atoms with Crippen LogP contribution in [0.3, 0.4) is 0 Å². The van der Waals surface area contributed by atoms with E-state index >= 15 is 0 Å². The van der Waals surface area contributed by atoms with Crippen molar-refractivity contribution in [2.75, 3.05) is 4.90 Å². The van der Waals surface area contributed by atoms with Gasteiger partial charge in [-0.15, -0.1) is 11.3 Å². The number of fused-ring (bicyclic) bond motifs is 14. The highest BCUT2D eigenvalue weighted by Crippen LogP contribution is 2.64. The first kappa shape index (κ1) is 37.8. The number of anilines is 3. The number of hydrogen-bond donors (Lipinski definition) is 0. The zero-order chi connectivity index (χ0) is 44.5. The number of aromatic nitrogens is 2. The van der Waals surface area contributed by atoms with Gasteiger partial charge in [-0.05, 0) is 218 Å². The minimum atomic E-state index is 0.0419. The zero-order valence-electron chi connectivity index (χ0n) is 39.1. The van der Waals surface area contributed by atoms with Crippen molar-refractivity contribution in [1.29, 1.82) is 0 Å². The molecule has 7 aliphatic carbocycles. The van der Waals surface area contributed by atoms with Crippen LogP contribution >= 0.6 is 11.3 Å². The molecule has 7 bridgehead atoms. The molecule has 19 rings (SSSR count). The van der Waals surface area contributed by atoms with Gasteiger partial charge in [-0.2, -0.15) is 0 Å². The van der Waals surface area contributed by atoms with Crippen molar-refractivity contribution >= 4 is 99.2 Å². The molecule has 4 unspecified atom stereocenters. The summed E-state index contributed by atoms with van der Waals surface area (Å²) >= 11 is 1.97. The first-order valence-corrected chi connectivity index (χ1v) is 27.5. The Morgan fingerprint density at radius 1 is 0.507 bits per heavy atom.